The molecule has 1 unspecified atom stereocenters. The maximum Gasteiger partial charge on any atom is 0.491 e. The smallest absolute Gasteiger partial charge is 0.378 e. The van der Waals surface area contributed by atoms with Gasteiger partial charge in [-0.25, -0.2) is 0 Å². The maximum absolute atomic E-state index is 14.2. The lowest BCUT2D eigenvalue weighted by molar-refractivity contribution is -0.383. The number of benzene rings is 2. The van der Waals surface area contributed by atoms with E-state index in [0.29, 0.717) is 24.1 Å². The Kier molecular flexibility index (Phi) is 8.28. The third-order valence-corrected chi connectivity index (χ3v) is 6.18. The minimum absolute atomic E-state index is 0.0460. The minimum Gasteiger partial charge on any atom is -0.378 e. The predicted octanol–water partition coefficient (Wildman–Crippen LogP) is 6.71. The summed E-state index contributed by atoms with van der Waals surface area (Å²) in [6, 6.07) is 8.80. The first-order chi connectivity index (χ1) is 16.4. The van der Waals surface area contributed by atoms with Crippen LogP contribution in [0.1, 0.15) is 37.3 Å². The first-order valence-electron chi connectivity index (χ1n) is 9.93. The molecule has 0 aliphatic carbocycles. The Hall–Kier alpha value is -2.97. The molecule has 0 N–H and O–H groups in total. The zero-order valence-electron chi connectivity index (χ0n) is 18.4. The minimum atomic E-state index is -6.92. The van der Waals surface area contributed by atoms with Crippen molar-refractivity contribution < 1.29 is 57.0 Å². The van der Waals surface area contributed by atoms with Crippen LogP contribution in [0, 0.1) is 0 Å². The van der Waals surface area contributed by atoms with Crippen LogP contribution in [0.15, 0.2) is 59.8 Å². The fourth-order valence-corrected chi connectivity index (χ4v) is 3.52. The molecule has 0 bridgehead atoms. The Morgan fingerprint density at radius 3 is 1.89 bits per heavy atom. The fourth-order valence-electron chi connectivity index (χ4n) is 2.62. The van der Waals surface area contributed by atoms with Crippen LogP contribution in [0.2, 0.25) is 0 Å². The molecular weight excluding hydrogens is 533 g/mol. The first kappa shape index (κ1) is 29.3. The van der Waals surface area contributed by atoms with Crippen LogP contribution in [0.3, 0.4) is 0 Å². The molecule has 1 atom stereocenters. The fraction of sp³-hybridized carbons (Fsp3) is 0.381. The first-order valence-corrected chi connectivity index (χ1v) is 11.3. The molecule has 2 rings (SSSR count). The second kappa shape index (κ2) is 10.2. The third-order valence-electron chi connectivity index (χ3n) is 4.88. The molecular formula is C21H18F9NO4S. The number of halogens is 9. The quantitative estimate of drug-likeness (QED) is 0.143. The highest BCUT2D eigenvalue weighted by molar-refractivity contribution is 7.88. The van der Waals surface area contributed by atoms with Crippen LogP contribution < -0.4 is 4.18 Å². The second-order valence-corrected chi connectivity index (χ2v) is 9.01. The van der Waals surface area contributed by atoms with Crippen LogP contribution in [-0.2, 0) is 15.0 Å². The molecule has 0 radical (unpaired) electrons. The molecule has 15 heteroatoms. The van der Waals surface area contributed by atoms with Gasteiger partial charge in [0.05, 0.1) is 0 Å². The lowest BCUT2D eigenvalue weighted by Crippen LogP contribution is -2.59. The summed E-state index contributed by atoms with van der Waals surface area (Å²) >= 11 is 0. The highest BCUT2D eigenvalue weighted by Gasteiger charge is 2.81. The zero-order chi connectivity index (χ0) is 27.6. The number of alkyl halides is 9. The van der Waals surface area contributed by atoms with Crippen LogP contribution in [-0.4, -0.2) is 37.6 Å². The molecule has 2 aromatic carbocycles. The summed E-state index contributed by atoms with van der Waals surface area (Å²) in [5, 5.41) is -4.76. The molecule has 0 aromatic heterocycles. The van der Waals surface area contributed by atoms with Crippen molar-refractivity contribution in [3.05, 3.63) is 65.7 Å². The van der Waals surface area contributed by atoms with Crippen molar-refractivity contribution in [2.75, 3.05) is 0 Å². The lowest BCUT2D eigenvalue weighted by atomic mass is 9.99. The van der Waals surface area contributed by atoms with Crippen LogP contribution in [0.25, 0.3) is 0 Å². The largest absolute Gasteiger partial charge is 0.491 e. The van der Waals surface area contributed by atoms with E-state index >= 15 is 0 Å². The van der Waals surface area contributed by atoms with E-state index in [1.165, 1.54) is 18.2 Å². The third kappa shape index (κ3) is 5.87. The maximum atomic E-state index is 14.2. The summed E-state index contributed by atoms with van der Waals surface area (Å²) in [6.45, 7) is 3.58. The number of hydrogen-bond acceptors (Lipinski definition) is 5. The van der Waals surface area contributed by atoms with Gasteiger partial charge in [-0.15, -0.1) is 0 Å². The Morgan fingerprint density at radius 2 is 1.42 bits per heavy atom. The summed E-state index contributed by atoms with van der Waals surface area (Å²) in [6.07, 6.45) is -11.4. The Bertz CT molecular complexity index is 1170. The molecule has 0 aliphatic rings. The van der Waals surface area contributed by atoms with Gasteiger partial charge in [-0.1, -0.05) is 61.5 Å². The summed E-state index contributed by atoms with van der Waals surface area (Å²) < 4.78 is 152. The molecule has 200 valence electrons. The average Bonchev–Trinajstić information content (AvgIpc) is 2.78. The van der Waals surface area contributed by atoms with Crippen molar-refractivity contribution in [1.82, 2.24) is 0 Å². The van der Waals surface area contributed by atoms with Crippen molar-refractivity contribution in [1.29, 1.82) is 0 Å². The van der Waals surface area contributed by atoms with E-state index in [2.05, 4.69) is 9.02 Å². The van der Waals surface area contributed by atoms with E-state index in [1.807, 2.05) is 12.1 Å². The summed E-state index contributed by atoms with van der Waals surface area (Å²) in [5.41, 5.74) is -2.58. The molecule has 2 aromatic rings. The van der Waals surface area contributed by atoms with Gasteiger partial charge in [0.15, 0.2) is 5.71 Å². The molecule has 0 aliphatic heterocycles. The lowest BCUT2D eigenvalue weighted by Gasteiger charge is -2.29. The molecule has 0 saturated carbocycles. The highest BCUT2D eigenvalue weighted by Crippen LogP contribution is 2.49. The number of oxime groups is 1. The van der Waals surface area contributed by atoms with Crippen molar-refractivity contribution in [2.24, 2.45) is 5.16 Å². The molecule has 36 heavy (non-hydrogen) atoms. The Morgan fingerprint density at radius 1 is 0.889 bits per heavy atom. The van der Waals surface area contributed by atoms with Crippen molar-refractivity contribution in [3.8, 4) is 5.75 Å². The Labute approximate surface area is 199 Å². The van der Waals surface area contributed by atoms with Gasteiger partial charge in [0.1, 0.15) is 5.75 Å². The second-order valence-electron chi connectivity index (χ2n) is 7.42. The summed E-state index contributed by atoms with van der Waals surface area (Å²) in [5.74, 6) is -7.87. The number of rotatable bonds is 10. The van der Waals surface area contributed by atoms with Crippen LogP contribution in [0.4, 0.5) is 39.5 Å². The Balaban J connectivity index is 2.36. The molecule has 0 heterocycles. The molecule has 5 nitrogen and oxygen atoms in total. The van der Waals surface area contributed by atoms with Crippen molar-refractivity contribution in [2.45, 2.75) is 49.6 Å². The van der Waals surface area contributed by atoms with Gasteiger partial charge < -0.3 is 9.02 Å². The van der Waals surface area contributed by atoms with Gasteiger partial charge in [-0.3, -0.25) is 0 Å². The monoisotopic (exact) mass is 551 g/mol. The summed E-state index contributed by atoms with van der Waals surface area (Å²) in [4.78, 5) is 2.91. The van der Waals surface area contributed by atoms with E-state index in [4.69, 9.17) is 0 Å². The molecule has 0 amide bonds. The van der Waals surface area contributed by atoms with Gasteiger partial charge in [-0.05, 0) is 30.0 Å². The van der Waals surface area contributed by atoms with Gasteiger partial charge in [0.25, 0.3) is 0 Å². The van der Waals surface area contributed by atoms with Crippen LogP contribution in [0.5, 0.6) is 5.75 Å². The number of nitrogens with zero attached hydrogens (tertiary/aromatic N) is 1. The van der Waals surface area contributed by atoms with E-state index in [1.54, 1.807) is 6.92 Å². The van der Waals surface area contributed by atoms with Crippen molar-refractivity contribution >= 4 is 15.8 Å². The zero-order valence-corrected chi connectivity index (χ0v) is 19.2. The normalized spacial score (nSPS) is 14.9. The van der Waals surface area contributed by atoms with E-state index in [0.717, 1.165) is 24.3 Å². The molecule has 0 fully saturated rings. The van der Waals surface area contributed by atoms with Gasteiger partial charge in [0, 0.05) is 5.56 Å². The standard InChI is InChI=1S/C21H18F9NO4S/c1-3-13(2)14-9-11-16(12-10-14)34-36(32,33)21(29,30)19(25,26)20(27,28)35-31-17(18(22,23)24)15-7-5-4-6-8-15/h4-13H,3H2,1-2H3/b31-17-. The van der Waals surface area contributed by atoms with Crippen LogP contribution >= 0.6 is 0 Å². The van der Waals surface area contributed by atoms with Gasteiger partial charge >= 0.3 is 33.6 Å². The number of hydrogen-bond donors (Lipinski definition) is 0. The van der Waals surface area contributed by atoms with Gasteiger partial charge in [-0.2, -0.15) is 47.9 Å². The summed E-state index contributed by atoms with van der Waals surface area (Å²) in [7, 11) is -6.83. The predicted molar refractivity (Wildman–Crippen MR) is 110 cm³/mol. The van der Waals surface area contributed by atoms with Gasteiger partial charge in [0.2, 0.25) is 0 Å². The highest BCUT2D eigenvalue weighted by atomic mass is 32.2. The van der Waals surface area contributed by atoms with E-state index in [9.17, 15) is 47.9 Å². The van der Waals surface area contributed by atoms with Crippen molar-refractivity contribution in [3.63, 3.8) is 0 Å². The topological polar surface area (TPSA) is 65.0 Å². The molecule has 0 spiro atoms. The SMILES string of the molecule is CCC(C)c1ccc(OS(=O)(=O)C(F)(F)C(F)(F)C(F)(F)O/N=C(/c2ccccc2)C(F)(F)F)cc1. The van der Waals surface area contributed by atoms with E-state index < -0.39 is 50.6 Å². The van der Waals surface area contributed by atoms with E-state index in [-0.39, 0.29) is 5.92 Å². The average molecular weight is 551 g/mol. The molecule has 0 saturated heterocycles.